The van der Waals surface area contributed by atoms with Crippen LogP contribution in [0.2, 0.25) is 0 Å². The molecule has 2 aromatic rings. The van der Waals surface area contributed by atoms with E-state index in [0.29, 0.717) is 23.5 Å². The summed E-state index contributed by atoms with van der Waals surface area (Å²) >= 11 is 0. The second-order valence-corrected chi connectivity index (χ2v) is 4.22. The van der Waals surface area contributed by atoms with Gasteiger partial charge in [0.05, 0.1) is 22.7 Å². The molecule has 0 aliphatic carbocycles. The van der Waals surface area contributed by atoms with Gasteiger partial charge in [-0.2, -0.15) is 0 Å². The Labute approximate surface area is 120 Å². The summed E-state index contributed by atoms with van der Waals surface area (Å²) in [4.78, 5) is 21.6. The average Bonchev–Trinajstić information content (AvgIpc) is 2.47. The number of hydrogen-bond donors (Lipinski definition) is 1. The van der Waals surface area contributed by atoms with E-state index in [2.05, 4.69) is 0 Å². The first-order chi connectivity index (χ1) is 10.0. The number of rotatable bonds is 5. The van der Waals surface area contributed by atoms with Crippen LogP contribution in [0.15, 0.2) is 42.5 Å². The van der Waals surface area contributed by atoms with Crippen LogP contribution in [0.4, 0.5) is 5.69 Å². The zero-order valence-electron chi connectivity index (χ0n) is 11.3. The first kappa shape index (κ1) is 14.5. The van der Waals surface area contributed by atoms with E-state index in [-0.39, 0.29) is 11.3 Å². The molecule has 108 valence electrons. The smallest absolute Gasteiger partial charge is 0.335 e. The zero-order chi connectivity index (χ0) is 15.4. The summed E-state index contributed by atoms with van der Waals surface area (Å²) in [6.45, 7) is 2.25. The largest absolute Gasteiger partial charge is 0.493 e. The highest BCUT2D eigenvalue weighted by Crippen LogP contribution is 2.36. The molecule has 0 aliphatic heterocycles. The number of ether oxygens (including phenoxy) is 1. The molecule has 0 atom stereocenters. The van der Waals surface area contributed by atoms with Gasteiger partial charge in [0.1, 0.15) is 5.75 Å². The van der Waals surface area contributed by atoms with Gasteiger partial charge in [-0.25, -0.2) is 4.79 Å². The molecule has 0 aliphatic rings. The lowest BCUT2D eigenvalue weighted by atomic mass is 10.0. The molecule has 0 bridgehead atoms. The van der Waals surface area contributed by atoms with E-state index in [0.717, 1.165) is 6.07 Å². The molecule has 1 N–H and O–H groups in total. The maximum Gasteiger partial charge on any atom is 0.335 e. The Kier molecular flexibility index (Phi) is 4.18. The van der Waals surface area contributed by atoms with Crippen LogP contribution in [-0.2, 0) is 0 Å². The minimum Gasteiger partial charge on any atom is -0.493 e. The SMILES string of the molecule is CCOc1ccccc1-c1ccc(C(=O)O)cc1[N+](=O)[O-]. The van der Waals surface area contributed by atoms with Crippen LogP contribution in [0.1, 0.15) is 17.3 Å². The Morgan fingerprint density at radius 1 is 1.24 bits per heavy atom. The summed E-state index contributed by atoms with van der Waals surface area (Å²) in [5.41, 5.74) is 0.499. The highest BCUT2D eigenvalue weighted by Gasteiger charge is 2.20. The molecule has 0 fully saturated rings. The van der Waals surface area contributed by atoms with Crippen LogP contribution in [0.25, 0.3) is 11.1 Å². The summed E-state index contributed by atoms with van der Waals surface area (Å²) in [5, 5.41) is 20.2. The number of carbonyl (C=O) groups is 1. The number of para-hydroxylation sites is 1. The summed E-state index contributed by atoms with van der Waals surface area (Å²) in [6.07, 6.45) is 0. The Morgan fingerprint density at radius 2 is 1.95 bits per heavy atom. The van der Waals surface area contributed by atoms with Gasteiger partial charge in [-0.1, -0.05) is 18.2 Å². The van der Waals surface area contributed by atoms with Gasteiger partial charge in [0.2, 0.25) is 0 Å². The van der Waals surface area contributed by atoms with E-state index in [1.807, 2.05) is 6.92 Å². The molecule has 21 heavy (non-hydrogen) atoms. The van der Waals surface area contributed by atoms with Gasteiger partial charge in [0.15, 0.2) is 0 Å². The number of nitro groups is 1. The summed E-state index contributed by atoms with van der Waals surface area (Å²) < 4.78 is 5.46. The van der Waals surface area contributed by atoms with Gasteiger partial charge in [0, 0.05) is 11.6 Å². The van der Waals surface area contributed by atoms with Crippen molar-refractivity contribution in [2.24, 2.45) is 0 Å². The predicted octanol–water partition coefficient (Wildman–Crippen LogP) is 3.36. The van der Waals surface area contributed by atoms with Crippen molar-refractivity contribution in [1.82, 2.24) is 0 Å². The third-order valence-corrected chi connectivity index (χ3v) is 2.92. The van der Waals surface area contributed by atoms with Crippen molar-refractivity contribution >= 4 is 11.7 Å². The Balaban J connectivity index is 2.63. The molecule has 2 rings (SSSR count). The van der Waals surface area contributed by atoms with E-state index in [4.69, 9.17) is 9.84 Å². The van der Waals surface area contributed by atoms with Crippen LogP contribution in [0, 0.1) is 10.1 Å². The van der Waals surface area contributed by atoms with Gasteiger partial charge < -0.3 is 9.84 Å². The molecular weight excluding hydrogens is 274 g/mol. The summed E-state index contributed by atoms with van der Waals surface area (Å²) in [5.74, 6) is -0.686. The van der Waals surface area contributed by atoms with Crippen molar-refractivity contribution in [1.29, 1.82) is 0 Å². The quantitative estimate of drug-likeness (QED) is 0.672. The first-order valence-corrected chi connectivity index (χ1v) is 6.28. The summed E-state index contributed by atoms with van der Waals surface area (Å²) in [6, 6.07) is 10.8. The van der Waals surface area contributed by atoms with E-state index in [9.17, 15) is 14.9 Å². The average molecular weight is 287 g/mol. The van der Waals surface area contributed by atoms with Crippen molar-refractivity contribution in [2.45, 2.75) is 6.92 Å². The monoisotopic (exact) mass is 287 g/mol. The van der Waals surface area contributed by atoms with Crippen LogP contribution < -0.4 is 4.74 Å². The summed E-state index contributed by atoms with van der Waals surface area (Å²) in [7, 11) is 0. The standard InChI is InChI=1S/C15H13NO5/c1-2-21-14-6-4-3-5-12(14)11-8-7-10(15(17)18)9-13(11)16(19)20/h3-9H,2H2,1H3,(H,17,18). The van der Waals surface area contributed by atoms with Gasteiger partial charge in [-0.3, -0.25) is 10.1 Å². The molecule has 6 heteroatoms. The lowest BCUT2D eigenvalue weighted by Gasteiger charge is -2.10. The Bertz CT molecular complexity index is 696. The second kappa shape index (κ2) is 6.04. The Morgan fingerprint density at radius 3 is 2.57 bits per heavy atom. The number of carboxylic acid groups (broad SMARTS) is 1. The number of nitrogens with zero attached hydrogens (tertiary/aromatic N) is 1. The van der Waals surface area contributed by atoms with Gasteiger partial charge in [0.25, 0.3) is 5.69 Å². The second-order valence-electron chi connectivity index (χ2n) is 4.22. The molecule has 0 aromatic heterocycles. The van der Waals surface area contributed by atoms with E-state index < -0.39 is 10.9 Å². The zero-order valence-corrected chi connectivity index (χ0v) is 11.3. The molecule has 0 amide bonds. The van der Waals surface area contributed by atoms with E-state index >= 15 is 0 Å². The molecule has 6 nitrogen and oxygen atoms in total. The maximum absolute atomic E-state index is 11.2. The normalized spacial score (nSPS) is 10.1. The minimum atomic E-state index is -1.21. The van der Waals surface area contributed by atoms with Gasteiger partial charge >= 0.3 is 5.97 Å². The molecule has 0 unspecified atom stereocenters. The molecular formula is C15H13NO5. The highest BCUT2D eigenvalue weighted by molar-refractivity contribution is 5.91. The highest BCUT2D eigenvalue weighted by atomic mass is 16.6. The van der Waals surface area contributed by atoms with E-state index in [1.165, 1.54) is 12.1 Å². The van der Waals surface area contributed by atoms with Crippen LogP contribution in [0.3, 0.4) is 0 Å². The van der Waals surface area contributed by atoms with Gasteiger partial charge in [-0.05, 0) is 25.1 Å². The number of nitro benzene ring substituents is 1. The Hall–Kier alpha value is -2.89. The molecule has 0 saturated heterocycles. The number of benzene rings is 2. The van der Waals surface area contributed by atoms with E-state index in [1.54, 1.807) is 24.3 Å². The third kappa shape index (κ3) is 3.00. The van der Waals surface area contributed by atoms with Crippen LogP contribution in [-0.4, -0.2) is 22.6 Å². The van der Waals surface area contributed by atoms with Crippen molar-refractivity contribution in [3.8, 4) is 16.9 Å². The lowest BCUT2D eigenvalue weighted by molar-refractivity contribution is -0.384. The number of aromatic carboxylic acids is 1. The van der Waals surface area contributed by atoms with Crippen LogP contribution >= 0.6 is 0 Å². The molecule has 0 spiro atoms. The fraction of sp³-hybridized carbons (Fsp3) is 0.133. The van der Waals surface area contributed by atoms with Crippen molar-refractivity contribution in [2.75, 3.05) is 6.61 Å². The maximum atomic E-state index is 11.2. The van der Waals surface area contributed by atoms with Crippen molar-refractivity contribution in [3.63, 3.8) is 0 Å². The molecule has 0 saturated carbocycles. The fourth-order valence-electron chi connectivity index (χ4n) is 2.01. The van der Waals surface area contributed by atoms with Gasteiger partial charge in [-0.15, -0.1) is 0 Å². The fourth-order valence-corrected chi connectivity index (χ4v) is 2.01. The predicted molar refractivity (Wildman–Crippen MR) is 76.7 cm³/mol. The first-order valence-electron chi connectivity index (χ1n) is 6.28. The number of hydrogen-bond acceptors (Lipinski definition) is 4. The minimum absolute atomic E-state index is 0.126. The lowest BCUT2D eigenvalue weighted by Crippen LogP contribution is -2.01. The molecule has 0 radical (unpaired) electrons. The topological polar surface area (TPSA) is 89.7 Å². The number of carboxylic acids is 1. The van der Waals surface area contributed by atoms with Crippen LogP contribution in [0.5, 0.6) is 5.75 Å². The van der Waals surface area contributed by atoms with Crippen molar-refractivity contribution in [3.05, 3.63) is 58.1 Å². The molecule has 0 heterocycles. The molecule has 2 aromatic carbocycles. The third-order valence-electron chi connectivity index (χ3n) is 2.92. The van der Waals surface area contributed by atoms with Crippen molar-refractivity contribution < 1.29 is 19.6 Å².